The first-order chi connectivity index (χ1) is 12.2. The number of para-hydroxylation sites is 1. The number of hydrogen-bond acceptors (Lipinski definition) is 4. The monoisotopic (exact) mass is 357 g/mol. The molecule has 0 spiro atoms. The van der Waals surface area contributed by atoms with Crippen molar-refractivity contribution in [1.82, 2.24) is 15.6 Å². The Hall–Kier alpha value is -2.08. The number of hydrogen-bond donors (Lipinski definition) is 2. The highest BCUT2D eigenvalue weighted by molar-refractivity contribution is 7.11. The lowest BCUT2D eigenvalue weighted by Crippen LogP contribution is -2.51. The Kier molecular flexibility index (Phi) is 6.28. The van der Waals surface area contributed by atoms with Gasteiger partial charge in [-0.05, 0) is 38.8 Å². The van der Waals surface area contributed by atoms with Crippen molar-refractivity contribution < 1.29 is 0 Å². The van der Waals surface area contributed by atoms with Crippen molar-refractivity contribution in [3.8, 4) is 0 Å². The highest BCUT2D eigenvalue weighted by atomic mass is 32.1. The second-order valence-corrected chi connectivity index (χ2v) is 7.64. The van der Waals surface area contributed by atoms with Crippen LogP contribution in [0.5, 0.6) is 0 Å². The minimum Gasteiger partial charge on any atom is -0.369 e. The average Bonchev–Trinajstić information content (AvgIpc) is 3.06. The Balaban J connectivity index is 1.61. The lowest BCUT2D eigenvalue weighted by atomic mass is 10.1. The average molecular weight is 358 g/mol. The maximum absolute atomic E-state index is 4.71. The molecule has 1 saturated heterocycles. The van der Waals surface area contributed by atoms with Crippen LogP contribution in [0.1, 0.15) is 29.7 Å². The van der Waals surface area contributed by atoms with Crippen LogP contribution in [0.3, 0.4) is 0 Å². The Morgan fingerprint density at radius 2 is 2.20 bits per heavy atom. The van der Waals surface area contributed by atoms with E-state index < -0.39 is 0 Å². The van der Waals surface area contributed by atoms with Crippen LogP contribution in [0.2, 0.25) is 0 Å². The first-order valence-corrected chi connectivity index (χ1v) is 9.82. The predicted molar refractivity (Wildman–Crippen MR) is 106 cm³/mol. The molecule has 2 aromatic rings. The molecule has 5 nitrogen and oxygen atoms in total. The quantitative estimate of drug-likeness (QED) is 0.637. The van der Waals surface area contributed by atoms with Gasteiger partial charge in [-0.15, -0.1) is 11.3 Å². The number of piperidine rings is 1. The summed E-state index contributed by atoms with van der Waals surface area (Å²) in [7, 11) is 0. The Morgan fingerprint density at radius 1 is 1.36 bits per heavy atom. The summed E-state index contributed by atoms with van der Waals surface area (Å²) in [4.78, 5) is 12.8. The first kappa shape index (κ1) is 17.7. The minimum atomic E-state index is 0.407. The van der Waals surface area contributed by atoms with Crippen LogP contribution in [-0.2, 0) is 6.54 Å². The number of benzene rings is 1. The largest absolute Gasteiger partial charge is 0.369 e. The van der Waals surface area contributed by atoms with Gasteiger partial charge in [0.1, 0.15) is 5.01 Å². The number of thiazole rings is 1. The lowest BCUT2D eigenvalue weighted by Gasteiger charge is -2.35. The van der Waals surface area contributed by atoms with E-state index >= 15 is 0 Å². The summed E-state index contributed by atoms with van der Waals surface area (Å²) in [6, 6.07) is 11.1. The molecule has 1 atom stereocenters. The molecule has 0 aliphatic carbocycles. The molecule has 3 rings (SSSR count). The number of aryl methyl sites for hydroxylation is 1. The SMILES string of the molecule is CCNC(=NCc1ncc(C)s1)NC1CCCN(c2ccccc2)C1. The van der Waals surface area contributed by atoms with Crippen LogP contribution in [0, 0.1) is 6.92 Å². The van der Waals surface area contributed by atoms with Gasteiger partial charge in [-0.25, -0.2) is 9.98 Å². The molecular formula is C19H27N5S. The van der Waals surface area contributed by atoms with Crippen molar-refractivity contribution >= 4 is 23.0 Å². The Bertz CT molecular complexity index is 682. The van der Waals surface area contributed by atoms with Crippen molar-refractivity contribution in [3.05, 3.63) is 46.4 Å². The summed E-state index contributed by atoms with van der Waals surface area (Å²) < 4.78 is 0. The highest BCUT2D eigenvalue weighted by Crippen LogP contribution is 2.19. The maximum Gasteiger partial charge on any atom is 0.191 e. The second kappa shape index (κ2) is 8.85. The van der Waals surface area contributed by atoms with Crippen molar-refractivity contribution in [3.63, 3.8) is 0 Å². The van der Waals surface area contributed by atoms with E-state index in [1.54, 1.807) is 11.3 Å². The van der Waals surface area contributed by atoms with Crippen LogP contribution in [0.15, 0.2) is 41.5 Å². The molecular weight excluding hydrogens is 330 g/mol. The van der Waals surface area contributed by atoms with Crippen LogP contribution < -0.4 is 15.5 Å². The molecule has 1 aromatic heterocycles. The fourth-order valence-electron chi connectivity index (χ4n) is 3.10. The minimum absolute atomic E-state index is 0.407. The van der Waals surface area contributed by atoms with Gasteiger partial charge in [0.25, 0.3) is 0 Å². The lowest BCUT2D eigenvalue weighted by molar-refractivity contribution is 0.468. The number of nitrogens with one attached hydrogen (secondary N) is 2. The number of aliphatic imine (C=N–C) groups is 1. The van der Waals surface area contributed by atoms with E-state index in [1.165, 1.54) is 23.4 Å². The highest BCUT2D eigenvalue weighted by Gasteiger charge is 2.20. The summed E-state index contributed by atoms with van der Waals surface area (Å²) in [6.45, 7) is 7.79. The van der Waals surface area contributed by atoms with E-state index in [1.807, 2.05) is 6.20 Å². The number of aromatic nitrogens is 1. The third-order valence-corrected chi connectivity index (χ3v) is 5.17. The van der Waals surface area contributed by atoms with E-state index in [4.69, 9.17) is 4.99 Å². The van der Waals surface area contributed by atoms with Gasteiger partial charge in [0.15, 0.2) is 5.96 Å². The van der Waals surface area contributed by atoms with Gasteiger partial charge in [-0.3, -0.25) is 0 Å². The molecule has 134 valence electrons. The first-order valence-electron chi connectivity index (χ1n) is 9.00. The topological polar surface area (TPSA) is 52.6 Å². The van der Waals surface area contributed by atoms with Gasteiger partial charge in [-0.1, -0.05) is 18.2 Å². The van der Waals surface area contributed by atoms with E-state index in [-0.39, 0.29) is 0 Å². The third kappa shape index (κ3) is 5.19. The molecule has 1 unspecified atom stereocenters. The molecule has 0 radical (unpaired) electrons. The number of guanidine groups is 1. The normalized spacial score (nSPS) is 18.2. The number of anilines is 1. The van der Waals surface area contributed by atoms with E-state index in [0.717, 1.165) is 30.6 Å². The molecule has 0 bridgehead atoms. The fraction of sp³-hybridized carbons (Fsp3) is 0.474. The van der Waals surface area contributed by atoms with Gasteiger partial charge >= 0.3 is 0 Å². The van der Waals surface area contributed by atoms with E-state index in [2.05, 4.69) is 64.7 Å². The standard InChI is InChI=1S/C19H27N5S/c1-3-20-19(22-13-18-21-12-15(2)25-18)23-16-8-7-11-24(14-16)17-9-5-4-6-10-17/h4-6,9-10,12,16H,3,7-8,11,13-14H2,1-2H3,(H2,20,22,23). The van der Waals surface area contributed by atoms with Crippen molar-refractivity contribution in [2.24, 2.45) is 4.99 Å². The Morgan fingerprint density at radius 3 is 2.92 bits per heavy atom. The molecule has 25 heavy (non-hydrogen) atoms. The van der Waals surface area contributed by atoms with Crippen molar-refractivity contribution in [1.29, 1.82) is 0 Å². The van der Waals surface area contributed by atoms with E-state index in [0.29, 0.717) is 12.6 Å². The number of rotatable bonds is 5. The molecule has 1 aromatic carbocycles. The fourth-order valence-corrected chi connectivity index (χ4v) is 3.81. The molecule has 1 aliphatic heterocycles. The molecule has 1 fully saturated rings. The molecule has 6 heteroatoms. The smallest absolute Gasteiger partial charge is 0.191 e. The van der Waals surface area contributed by atoms with Gasteiger partial charge in [0, 0.05) is 42.4 Å². The summed E-state index contributed by atoms with van der Waals surface area (Å²) in [6.07, 6.45) is 4.27. The molecule has 2 heterocycles. The zero-order valence-electron chi connectivity index (χ0n) is 15.0. The summed E-state index contributed by atoms with van der Waals surface area (Å²) >= 11 is 1.71. The Labute approximate surface area is 154 Å². The summed E-state index contributed by atoms with van der Waals surface area (Å²) in [5, 5.41) is 8.03. The summed E-state index contributed by atoms with van der Waals surface area (Å²) in [5.74, 6) is 0.885. The molecule has 0 amide bonds. The molecule has 1 aliphatic rings. The van der Waals surface area contributed by atoms with Gasteiger partial charge < -0.3 is 15.5 Å². The van der Waals surface area contributed by atoms with Crippen LogP contribution in [0.4, 0.5) is 5.69 Å². The van der Waals surface area contributed by atoms with E-state index in [9.17, 15) is 0 Å². The second-order valence-electron chi connectivity index (χ2n) is 6.32. The van der Waals surface area contributed by atoms with Crippen LogP contribution >= 0.6 is 11.3 Å². The zero-order valence-corrected chi connectivity index (χ0v) is 15.9. The van der Waals surface area contributed by atoms with Crippen LogP contribution in [-0.4, -0.2) is 36.6 Å². The van der Waals surface area contributed by atoms with Gasteiger partial charge in [-0.2, -0.15) is 0 Å². The van der Waals surface area contributed by atoms with Crippen LogP contribution in [0.25, 0.3) is 0 Å². The molecule has 2 N–H and O–H groups in total. The number of nitrogens with zero attached hydrogens (tertiary/aromatic N) is 3. The third-order valence-electron chi connectivity index (χ3n) is 4.27. The van der Waals surface area contributed by atoms with Crippen molar-refractivity contribution in [2.75, 3.05) is 24.5 Å². The van der Waals surface area contributed by atoms with Crippen molar-refractivity contribution in [2.45, 2.75) is 39.3 Å². The predicted octanol–water partition coefficient (Wildman–Crippen LogP) is 3.18. The van der Waals surface area contributed by atoms with Gasteiger partial charge in [0.05, 0.1) is 6.54 Å². The summed E-state index contributed by atoms with van der Waals surface area (Å²) in [5.41, 5.74) is 1.30. The maximum atomic E-state index is 4.71. The molecule has 0 saturated carbocycles. The zero-order chi connectivity index (χ0) is 17.5. The van der Waals surface area contributed by atoms with Gasteiger partial charge in [0.2, 0.25) is 0 Å².